The number of aromatic nitrogens is 1. The zero-order valence-corrected chi connectivity index (χ0v) is 12.5. The Bertz CT molecular complexity index is 630. The Balaban J connectivity index is 0.00000220. The molecule has 0 radical (unpaired) electrons. The number of halogens is 1. The Morgan fingerprint density at radius 2 is 1.95 bits per heavy atom. The van der Waals surface area contributed by atoms with Crippen LogP contribution in [-0.4, -0.2) is 29.1 Å². The van der Waals surface area contributed by atoms with Crippen LogP contribution in [0.3, 0.4) is 0 Å². The molecule has 1 aromatic carbocycles. The molecule has 0 atom stereocenters. The number of hydrogen-bond acceptors (Lipinski definition) is 6. The van der Waals surface area contributed by atoms with E-state index in [1.807, 2.05) is 0 Å². The fourth-order valence-electron chi connectivity index (χ4n) is 1.35. The number of carboxylic acid groups (broad SMARTS) is 1. The van der Waals surface area contributed by atoms with E-state index in [-0.39, 0.29) is 24.0 Å². The Kier molecular flexibility index (Phi) is 5.94. The minimum absolute atomic E-state index is 0. The summed E-state index contributed by atoms with van der Waals surface area (Å²) < 4.78 is 4.99. The van der Waals surface area contributed by atoms with Gasteiger partial charge in [-0.3, -0.25) is 15.6 Å². The van der Waals surface area contributed by atoms with Crippen LogP contribution < -0.4 is 15.6 Å². The first-order valence-electron chi connectivity index (χ1n) is 5.49. The normalized spacial score (nSPS) is 9.38. The molecular formula is C12H12ClN3O4S. The lowest BCUT2D eigenvalue weighted by Crippen LogP contribution is -2.29. The molecule has 0 saturated heterocycles. The SMILES string of the molecule is COc1ccc(C(=O)NNc2nc(C(=O)O)cs2)cc1.Cl. The molecule has 0 aliphatic heterocycles. The smallest absolute Gasteiger partial charge is 0.355 e. The zero-order valence-electron chi connectivity index (χ0n) is 10.8. The number of methoxy groups -OCH3 is 1. The third kappa shape index (κ3) is 4.33. The predicted octanol–water partition coefficient (Wildman–Crippen LogP) is 2.03. The number of amides is 1. The average molecular weight is 330 g/mol. The number of carboxylic acids is 1. The van der Waals surface area contributed by atoms with E-state index in [0.717, 1.165) is 11.3 Å². The number of anilines is 1. The van der Waals surface area contributed by atoms with E-state index in [9.17, 15) is 9.59 Å². The minimum Gasteiger partial charge on any atom is -0.497 e. The highest BCUT2D eigenvalue weighted by Crippen LogP contribution is 2.15. The van der Waals surface area contributed by atoms with Crippen molar-refractivity contribution in [3.05, 3.63) is 40.9 Å². The van der Waals surface area contributed by atoms with Gasteiger partial charge in [-0.05, 0) is 24.3 Å². The summed E-state index contributed by atoms with van der Waals surface area (Å²) in [5, 5.41) is 10.4. The van der Waals surface area contributed by atoms with Crippen LogP contribution in [-0.2, 0) is 0 Å². The van der Waals surface area contributed by atoms with Gasteiger partial charge in [-0.2, -0.15) is 0 Å². The second kappa shape index (κ2) is 7.46. The van der Waals surface area contributed by atoms with Crippen LogP contribution in [0.4, 0.5) is 5.13 Å². The number of nitrogens with one attached hydrogen (secondary N) is 2. The summed E-state index contributed by atoms with van der Waals surface area (Å²) in [4.78, 5) is 26.2. The molecule has 1 heterocycles. The summed E-state index contributed by atoms with van der Waals surface area (Å²) in [5.41, 5.74) is 5.36. The second-order valence-electron chi connectivity index (χ2n) is 3.65. The van der Waals surface area contributed by atoms with E-state index in [1.54, 1.807) is 31.4 Å². The van der Waals surface area contributed by atoms with Crippen LogP contribution in [0.25, 0.3) is 0 Å². The van der Waals surface area contributed by atoms with Crippen molar-refractivity contribution in [3.63, 3.8) is 0 Å². The monoisotopic (exact) mass is 329 g/mol. The predicted molar refractivity (Wildman–Crippen MR) is 80.4 cm³/mol. The molecule has 0 aliphatic carbocycles. The molecule has 3 N–H and O–H groups in total. The van der Waals surface area contributed by atoms with Gasteiger partial charge >= 0.3 is 5.97 Å². The number of aromatic carboxylic acids is 1. The van der Waals surface area contributed by atoms with Crippen molar-refractivity contribution in [1.29, 1.82) is 0 Å². The van der Waals surface area contributed by atoms with Gasteiger partial charge in [0, 0.05) is 10.9 Å². The number of hydrogen-bond donors (Lipinski definition) is 3. The molecule has 1 aromatic heterocycles. The standard InChI is InChI=1S/C12H11N3O4S.ClH/c1-19-8-4-2-7(3-5-8)10(16)14-15-12-13-9(6-20-12)11(17)18;/h2-6H,1H3,(H,13,15)(H,14,16)(H,17,18);1H. The highest BCUT2D eigenvalue weighted by atomic mass is 35.5. The van der Waals surface area contributed by atoms with Crippen molar-refractivity contribution in [2.45, 2.75) is 0 Å². The highest BCUT2D eigenvalue weighted by Gasteiger charge is 2.10. The molecule has 0 spiro atoms. The Morgan fingerprint density at radius 1 is 1.29 bits per heavy atom. The number of thiazole rings is 1. The average Bonchev–Trinajstić information content (AvgIpc) is 2.94. The molecule has 0 saturated carbocycles. The van der Waals surface area contributed by atoms with Crippen molar-refractivity contribution in [2.75, 3.05) is 12.5 Å². The number of carbonyl (C=O) groups is 2. The van der Waals surface area contributed by atoms with Crippen molar-refractivity contribution >= 4 is 40.8 Å². The van der Waals surface area contributed by atoms with Gasteiger partial charge in [0.05, 0.1) is 7.11 Å². The summed E-state index contributed by atoms with van der Waals surface area (Å²) in [6, 6.07) is 6.56. The molecule has 0 aliphatic rings. The van der Waals surface area contributed by atoms with Gasteiger partial charge in [-0.1, -0.05) is 0 Å². The van der Waals surface area contributed by atoms with Gasteiger partial charge in [0.1, 0.15) is 5.75 Å². The van der Waals surface area contributed by atoms with Crippen molar-refractivity contribution in [3.8, 4) is 5.75 Å². The molecular weight excluding hydrogens is 318 g/mol. The third-order valence-corrected chi connectivity index (χ3v) is 3.12. The van der Waals surface area contributed by atoms with Crippen molar-refractivity contribution in [1.82, 2.24) is 10.4 Å². The number of ether oxygens (including phenoxy) is 1. The van der Waals surface area contributed by atoms with E-state index in [2.05, 4.69) is 15.8 Å². The van der Waals surface area contributed by atoms with Crippen LogP contribution in [0.1, 0.15) is 20.8 Å². The summed E-state index contributed by atoms with van der Waals surface area (Å²) in [5.74, 6) is -0.823. The van der Waals surface area contributed by atoms with E-state index in [1.165, 1.54) is 5.38 Å². The Hall–Kier alpha value is -2.32. The van der Waals surface area contributed by atoms with E-state index < -0.39 is 5.97 Å². The quantitative estimate of drug-likeness (QED) is 0.726. The van der Waals surface area contributed by atoms with Crippen LogP contribution >= 0.6 is 23.7 Å². The van der Waals surface area contributed by atoms with E-state index in [4.69, 9.17) is 9.84 Å². The number of nitrogens with zero attached hydrogens (tertiary/aromatic N) is 1. The molecule has 9 heteroatoms. The summed E-state index contributed by atoms with van der Waals surface area (Å²) >= 11 is 1.08. The largest absolute Gasteiger partial charge is 0.497 e. The molecule has 0 unspecified atom stereocenters. The molecule has 0 bridgehead atoms. The van der Waals surface area contributed by atoms with Gasteiger partial charge in [0.15, 0.2) is 5.69 Å². The molecule has 0 fully saturated rings. The van der Waals surface area contributed by atoms with Gasteiger partial charge in [0.2, 0.25) is 5.13 Å². The number of carbonyl (C=O) groups excluding carboxylic acids is 1. The second-order valence-corrected chi connectivity index (χ2v) is 4.51. The van der Waals surface area contributed by atoms with Gasteiger partial charge in [0.25, 0.3) is 5.91 Å². The van der Waals surface area contributed by atoms with Crippen LogP contribution in [0.15, 0.2) is 29.6 Å². The highest BCUT2D eigenvalue weighted by molar-refractivity contribution is 7.13. The van der Waals surface area contributed by atoms with E-state index >= 15 is 0 Å². The van der Waals surface area contributed by atoms with Gasteiger partial charge < -0.3 is 9.84 Å². The number of benzene rings is 1. The van der Waals surface area contributed by atoms with Crippen LogP contribution in [0.5, 0.6) is 5.75 Å². The zero-order chi connectivity index (χ0) is 14.5. The lowest BCUT2D eigenvalue weighted by molar-refractivity contribution is 0.0691. The topological polar surface area (TPSA) is 101 Å². The molecule has 2 aromatic rings. The summed E-state index contributed by atoms with van der Waals surface area (Å²) in [6.45, 7) is 0. The van der Waals surface area contributed by atoms with Crippen LogP contribution in [0, 0.1) is 0 Å². The lowest BCUT2D eigenvalue weighted by Gasteiger charge is -2.06. The fraction of sp³-hybridized carbons (Fsp3) is 0.0833. The summed E-state index contributed by atoms with van der Waals surface area (Å²) in [7, 11) is 1.54. The first kappa shape index (κ1) is 16.7. The molecule has 2 rings (SSSR count). The maximum absolute atomic E-state index is 11.8. The summed E-state index contributed by atoms with van der Waals surface area (Å²) in [6.07, 6.45) is 0. The number of rotatable bonds is 5. The molecule has 7 nitrogen and oxygen atoms in total. The lowest BCUT2D eigenvalue weighted by atomic mass is 10.2. The van der Waals surface area contributed by atoms with Gasteiger partial charge in [-0.25, -0.2) is 9.78 Å². The maximum atomic E-state index is 11.8. The third-order valence-electron chi connectivity index (χ3n) is 2.36. The van der Waals surface area contributed by atoms with Crippen molar-refractivity contribution in [2.24, 2.45) is 0 Å². The number of hydrazine groups is 1. The van der Waals surface area contributed by atoms with Crippen LogP contribution in [0.2, 0.25) is 0 Å². The minimum atomic E-state index is -1.12. The first-order valence-corrected chi connectivity index (χ1v) is 6.37. The fourth-order valence-corrected chi connectivity index (χ4v) is 1.99. The Morgan fingerprint density at radius 3 is 2.48 bits per heavy atom. The molecule has 1 amide bonds. The molecule has 21 heavy (non-hydrogen) atoms. The Labute approximate surface area is 130 Å². The maximum Gasteiger partial charge on any atom is 0.355 e. The van der Waals surface area contributed by atoms with Crippen molar-refractivity contribution < 1.29 is 19.4 Å². The van der Waals surface area contributed by atoms with Gasteiger partial charge in [-0.15, -0.1) is 23.7 Å². The first-order chi connectivity index (χ1) is 9.60. The van der Waals surface area contributed by atoms with E-state index in [0.29, 0.717) is 16.4 Å². The molecule has 112 valence electrons.